The second-order valence-corrected chi connectivity index (χ2v) is 7.23. The van der Waals surface area contributed by atoms with Crippen LogP contribution in [-0.4, -0.2) is 30.1 Å². The van der Waals surface area contributed by atoms with Gasteiger partial charge in [-0.2, -0.15) is 5.10 Å². The summed E-state index contributed by atoms with van der Waals surface area (Å²) in [5, 5.41) is 6.89. The lowest BCUT2D eigenvalue weighted by Crippen LogP contribution is -2.26. The van der Waals surface area contributed by atoms with Crippen molar-refractivity contribution in [1.82, 2.24) is 19.9 Å². The van der Waals surface area contributed by atoms with E-state index in [0.29, 0.717) is 24.5 Å². The fraction of sp³-hybridized carbons (Fsp3) is 0.176. The predicted octanol–water partition coefficient (Wildman–Crippen LogP) is 2.06. The number of benzene rings is 2. The maximum Gasteiger partial charge on any atom is 0.240 e. The molecule has 2 aromatic carbocycles. The molecule has 0 atom stereocenters. The van der Waals surface area contributed by atoms with Gasteiger partial charge >= 0.3 is 0 Å². The number of nitrogens with zero attached hydrogens (tertiary/aromatic N) is 2. The number of nitrogens with one attached hydrogen (secondary N) is 2. The second kappa shape index (κ2) is 7.54. The van der Waals surface area contributed by atoms with Crippen molar-refractivity contribution in [3.05, 3.63) is 77.6 Å². The predicted molar refractivity (Wildman–Crippen MR) is 90.9 cm³/mol. The van der Waals surface area contributed by atoms with Crippen LogP contribution in [0.3, 0.4) is 0 Å². The zero-order valence-corrected chi connectivity index (χ0v) is 14.1. The molecule has 0 bridgehead atoms. The van der Waals surface area contributed by atoms with E-state index in [-0.39, 0.29) is 17.3 Å². The SMILES string of the molecule is O=S(=O)(NCCc1n[nH]c(Cc2ccc(F)cc2)n1)c1ccccc1. The molecular formula is C17H17FN4O2S. The van der Waals surface area contributed by atoms with Gasteiger partial charge in [-0.3, -0.25) is 5.10 Å². The Kier molecular flexibility index (Phi) is 5.20. The number of hydrogen-bond acceptors (Lipinski definition) is 4. The third kappa shape index (κ3) is 4.71. The van der Waals surface area contributed by atoms with Crippen molar-refractivity contribution in [1.29, 1.82) is 0 Å². The summed E-state index contributed by atoms with van der Waals surface area (Å²) < 4.78 is 39.6. The minimum absolute atomic E-state index is 0.199. The van der Waals surface area contributed by atoms with Crippen LogP contribution in [-0.2, 0) is 22.9 Å². The molecule has 1 heterocycles. The summed E-state index contributed by atoms with van der Waals surface area (Å²) in [7, 11) is -3.53. The Hall–Kier alpha value is -2.58. The van der Waals surface area contributed by atoms with Crippen molar-refractivity contribution < 1.29 is 12.8 Å². The Morgan fingerprint density at radius 3 is 2.48 bits per heavy atom. The number of H-pyrrole nitrogens is 1. The van der Waals surface area contributed by atoms with Crippen molar-refractivity contribution >= 4 is 10.0 Å². The van der Waals surface area contributed by atoms with Gasteiger partial charge in [-0.05, 0) is 29.8 Å². The van der Waals surface area contributed by atoms with Crippen LogP contribution in [0.2, 0.25) is 0 Å². The summed E-state index contributed by atoms with van der Waals surface area (Å²) in [6, 6.07) is 14.3. The van der Waals surface area contributed by atoms with Crippen LogP contribution in [0.25, 0.3) is 0 Å². The van der Waals surface area contributed by atoms with Crippen LogP contribution in [0.4, 0.5) is 4.39 Å². The van der Waals surface area contributed by atoms with Crippen molar-refractivity contribution in [2.45, 2.75) is 17.7 Å². The molecule has 3 aromatic rings. The van der Waals surface area contributed by atoms with Crippen LogP contribution in [0.15, 0.2) is 59.5 Å². The van der Waals surface area contributed by atoms with E-state index in [1.807, 2.05) is 0 Å². The van der Waals surface area contributed by atoms with E-state index < -0.39 is 10.0 Å². The van der Waals surface area contributed by atoms with E-state index in [9.17, 15) is 12.8 Å². The fourth-order valence-electron chi connectivity index (χ4n) is 2.30. The van der Waals surface area contributed by atoms with E-state index in [2.05, 4.69) is 19.9 Å². The van der Waals surface area contributed by atoms with Crippen molar-refractivity contribution in [2.75, 3.05) is 6.54 Å². The third-order valence-corrected chi connectivity index (χ3v) is 5.03. The number of aromatic nitrogens is 3. The van der Waals surface area contributed by atoms with Gasteiger partial charge in [0.15, 0.2) is 5.82 Å². The molecule has 0 saturated heterocycles. The topological polar surface area (TPSA) is 87.7 Å². The first-order valence-electron chi connectivity index (χ1n) is 7.72. The van der Waals surface area contributed by atoms with E-state index in [0.717, 1.165) is 5.56 Å². The zero-order valence-electron chi connectivity index (χ0n) is 13.3. The van der Waals surface area contributed by atoms with Crippen LogP contribution < -0.4 is 4.72 Å². The Morgan fingerprint density at radius 2 is 1.76 bits per heavy atom. The highest BCUT2D eigenvalue weighted by Crippen LogP contribution is 2.08. The summed E-state index contributed by atoms with van der Waals surface area (Å²) in [6.07, 6.45) is 0.870. The van der Waals surface area contributed by atoms with Crippen molar-refractivity contribution in [3.63, 3.8) is 0 Å². The molecule has 0 saturated carbocycles. The van der Waals surface area contributed by atoms with Crippen LogP contribution in [0.5, 0.6) is 0 Å². The average molecular weight is 360 g/mol. The molecule has 0 aliphatic heterocycles. The van der Waals surface area contributed by atoms with Crippen molar-refractivity contribution in [2.24, 2.45) is 0 Å². The molecule has 0 radical (unpaired) electrons. The lowest BCUT2D eigenvalue weighted by Gasteiger charge is -2.04. The second-order valence-electron chi connectivity index (χ2n) is 5.46. The fourth-order valence-corrected chi connectivity index (χ4v) is 3.35. The van der Waals surface area contributed by atoms with Crippen LogP contribution in [0.1, 0.15) is 17.2 Å². The van der Waals surface area contributed by atoms with Crippen LogP contribution in [0, 0.1) is 5.82 Å². The van der Waals surface area contributed by atoms with Gasteiger partial charge in [0.25, 0.3) is 0 Å². The van der Waals surface area contributed by atoms with Gasteiger partial charge in [0.05, 0.1) is 4.90 Å². The van der Waals surface area contributed by atoms with Gasteiger partial charge in [0, 0.05) is 19.4 Å². The van der Waals surface area contributed by atoms with Gasteiger partial charge in [-0.1, -0.05) is 30.3 Å². The summed E-state index contributed by atoms with van der Waals surface area (Å²) in [4.78, 5) is 4.55. The molecule has 0 unspecified atom stereocenters. The highest BCUT2D eigenvalue weighted by atomic mass is 32.2. The first-order valence-corrected chi connectivity index (χ1v) is 9.20. The number of sulfonamides is 1. The Bertz CT molecular complexity index is 925. The van der Waals surface area contributed by atoms with Crippen molar-refractivity contribution in [3.8, 4) is 0 Å². The molecule has 6 nitrogen and oxygen atoms in total. The first-order chi connectivity index (χ1) is 12.0. The molecule has 0 fully saturated rings. The van der Waals surface area contributed by atoms with Gasteiger partial charge in [-0.25, -0.2) is 22.5 Å². The average Bonchev–Trinajstić information content (AvgIpc) is 3.05. The van der Waals surface area contributed by atoms with Crippen LogP contribution >= 0.6 is 0 Å². The number of rotatable bonds is 7. The monoisotopic (exact) mass is 360 g/mol. The highest BCUT2D eigenvalue weighted by molar-refractivity contribution is 7.89. The van der Waals surface area contributed by atoms with E-state index in [1.54, 1.807) is 30.3 Å². The maximum absolute atomic E-state index is 12.9. The standard InChI is InChI=1S/C17H17FN4O2S/c18-14-8-6-13(7-9-14)12-17-20-16(21-22-17)10-11-19-25(23,24)15-4-2-1-3-5-15/h1-9,19H,10-12H2,(H,20,21,22). The zero-order chi connectivity index (χ0) is 17.7. The molecule has 0 spiro atoms. The van der Waals surface area contributed by atoms with E-state index >= 15 is 0 Å². The maximum atomic E-state index is 12.9. The minimum atomic E-state index is -3.53. The molecule has 1 aromatic heterocycles. The number of halogens is 1. The number of hydrogen-bond donors (Lipinski definition) is 2. The molecule has 2 N–H and O–H groups in total. The molecule has 0 aliphatic carbocycles. The molecular weight excluding hydrogens is 343 g/mol. The highest BCUT2D eigenvalue weighted by Gasteiger charge is 2.13. The van der Waals surface area contributed by atoms with E-state index in [1.165, 1.54) is 24.3 Å². The minimum Gasteiger partial charge on any atom is -0.263 e. The smallest absolute Gasteiger partial charge is 0.240 e. The van der Waals surface area contributed by atoms with Gasteiger partial charge < -0.3 is 0 Å². The van der Waals surface area contributed by atoms with E-state index in [4.69, 9.17) is 0 Å². The number of aromatic amines is 1. The summed E-state index contributed by atoms with van der Waals surface area (Å²) in [6.45, 7) is 0.199. The molecule has 3 rings (SSSR count). The molecule has 130 valence electrons. The van der Waals surface area contributed by atoms with Gasteiger partial charge in [-0.15, -0.1) is 0 Å². The van der Waals surface area contributed by atoms with Gasteiger partial charge in [0.1, 0.15) is 11.6 Å². The lowest BCUT2D eigenvalue weighted by atomic mass is 10.1. The first kappa shape index (κ1) is 17.2. The molecule has 8 heteroatoms. The Labute approximate surface area is 145 Å². The normalized spacial score (nSPS) is 11.6. The molecule has 25 heavy (non-hydrogen) atoms. The third-order valence-electron chi connectivity index (χ3n) is 3.56. The summed E-state index contributed by atoms with van der Waals surface area (Å²) >= 11 is 0. The Balaban J connectivity index is 1.54. The summed E-state index contributed by atoms with van der Waals surface area (Å²) in [5.41, 5.74) is 0.911. The lowest BCUT2D eigenvalue weighted by molar-refractivity contribution is 0.581. The molecule has 0 aliphatic rings. The Morgan fingerprint density at radius 1 is 1.04 bits per heavy atom. The van der Waals surface area contributed by atoms with Gasteiger partial charge in [0.2, 0.25) is 10.0 Å². The quantitative estimate of drug-likeness (QED) is 0.675. The molecule has 0 amide bonds. The summed E-state index contributed by atoms with van der Waals surface area (Å²) in [5.74, 6) is 0.883. The largest absolute Gasteiger partial charge is 0.263 e.